The molecule has 1 aromatic heterocycles. The largest absolute Gasteiger partial charge is 0.497 e. The van der Waals surface area contributed by atoms with Gasteiger partial charge in [0.2, 0.25) is 0 Å². The number of amides is 2. The third kappa shape index (κ3) is 4.05. The molecule has 6 heteroatoms. The van der Waals surface area contributed by atoms with Gasteiger partial charge in [-0.05, 0) is 42.5 Å². The molecule has 1 heterocycles. The molecule has 3 aromatic rings. The summed E-state index contributed by atoms with van der Waals surface area (Å²) in [4.78, 5) is 28.8. The van der Waals surface area contributed by atoms with E-state index < -0.39 is 0 Å². The molecule has 130 valence electrons. The summed E-state index contributed by atoms with van der Waals surface area (Å²) in [6.07, 6.45) is 3.08. The quantitative estimate of drug-likeness (QED) is 0.739. The van der Waals surface area contributed by atoms with Crippen molar-refractivity contribution < 1.29 is 14.3 Å². The Labute approximate surface area is 150 Å². The van der Waals surface area contributed by atoms with E-state index >= 15 is 0 Å². The van der Waals surface area contributed by atoms with Crippen LogP contribution in [-0.2, 0) is 0 Å². The molecule has 0 spiro atoms. The smallest absolute Gasteiger partial charge is 0.257 e. The summed E-state index contributed by atoms with van der Waals surface area (Å²) in [5.41, 5.74) is 1.88. The monoisotopic (exact) mass is 347 g/mol. The Morgan fingerprint density at radius 2 is 1.50 bits per heavy atom. The van der Waals surface area contributed by atoms with E-state index in [1.54, 1.807) is 74.0 Å². The Kier molecular flexibility index (Phi) is 5.24. The minimum absolute atomic E-state index is 0.299. The number of nitrogens with zero attached hydrogens (tertiary/aromatic N) is 1. The normalized spacial score (nSPS) is 10.0. The molecular formula is C20H17N3O3. The summed E-state index contributed by atoms with van der Waals surface area (Å²) in [5.74, 6) is -0.0102. The topological polar surface area (TPSA) is 80.3 Å². The van der Waals surface area contributed by atoms with Gasteiger partial charge in [0.15, 0.2) is 0 Å². The van der Waals surface area contributed by atoms with E-state index in [1.165, 1.54) is 6.20 Å². The molecule has 0 aliphatic carbocycles. The van der Waals surface area contributed by atoms with E-state index in [2.05, 4.69) is 15.6 Å². The molecule has 0 radical (unpaired) electrons. The Morgan fingerprint density at radius 1 is 0.846 bits per heavy atom. The van der Waals surface area contributed by atoms with Crippen molar-refractivity contribution in [1.82, 2.24) is 4.98 Å². The summed E-state index contributed by atoms with van der Waals surface area (Å²) in [5, 5.41) is 5.60. The van der Waals surface area contributed by atoms with Gasteiger partial charge in [-0.15, -0.1) is 0 Å². The Hall–Kier alpha value is -3.67. The van der Waals surface area contributed by atoms with Crippen molar-refractivity contribution in [2.24, 2.45) is 0 Å². The summed E-state index contributed by atoms with van der Waals surface area (Å²) >= 11 is 0. The van der Waals surface area contributed by atoms with Crippen LogP contribution in [-0.4, -0.2) is 23.9 Å². The van der Waals surface area contributed by atoms with Crippen molar-refractivity contribution in [2.75, 3.05) is 17.7 Å². The fraction of sp³-hybridized carbons (Fsp3) is 0.0500. The molecular weight excluding hydrogens is 330 g/mol. The molecule has 2 amide bonds. The van der Waals surface area contributed by atoms with Gasteiger partial charge in [0.1, 0.15) is 5.75 Å². The van der Waals surface area contributed by atoms with Crippen molar-refractivity contribution in [3.8, 4) is 5.75 Å². The number of methoxy groups -OCH3 is 1. The first kappa shape index (κ1) is 17.2. The van der Waals surface area contributed by atoms with Crippen LogP contribution in [0, 0.1) is 0 Å². The molecule has 0 saturated heterocycles. The van der Waals surface area contributed by atoms with Crippen LogP contribution in [0.3, 0.4) is 0 Å². The lowest BCUT2D eigenvalue weighted by Crippen LogP contribution is -2.16. The van der Waals surface area contributed by atoms with Crippen LogP contribution in [0.4, 0.5) is 11.4 Å². The number of benzene rings is 2. The second kappa shape index (κ2) is 7.94. The van der Waals surface area contributed by atoms with E-state index in [4.69, 9.17) is 4.74 Å². The fourth-order valence-electron chi connectivity index (χ4n) is 2.35. The number of carbonyl (C=O) groups excluding carboxylic acids is 2. The van der Waals surface area contributed by atoms with Crippen LogP contribution in [0.1, 0.15) is 20.7 Å². The second-order valence-corrected chi connectivity index (χ2v) is 5.43. The van der Waals surface area contributed by atoms with Crippen molar-refractivity contribution >= 4 is 23.2 Å². The first-order valence-electron chi connectivity index (χ1n) is 7.93. The highest BCUT2D eigenvalue weighted by molar-refractivity contribution is 6.09. The first-order chi connectivity index (χ1) is 12.7. The van der Waals surface area contributed by atoms with E-state index in [9.17, 15) is 9.59 Å². The van der Waals surface area contributed by atoms with Crippen molar-refractivity contribution in [3.05, 3.63) is 84.2 Å². The molecule has 0 unspecified atom stereocenters. The maximum absolute atomic E-state index is 12.5. The van der Waals surface area contributed by atoms with Crippen molar-refractivity contribution in [3.63, 3.8) is 0 Å². The molecule has 0 aliphatic rings. The number of anilines is 2. The van der Waals surface area contributed by atoms with Gasteiger partial charge in [-0.25, -0.2) is 0 Å². The van der Waals surface area contributed by atoms with Crippen LogP contribution in [0.15, 0.2) is 73.1 Å². The molecule has 0 saturated carbocycles. The van der Waals surface area contributed by atoms with Crippen LogP contribution in [0.5, 0.6) is 5.75 Å². The van der Waals surface area contributed by atoms with E-state index in [0.717, 1.165) is 0 Å². The Morgan fingerprint density at radius 3 is 2.12 bits per heavy atom. The maximum Gasteiger partial charge on any atom is 0.257 e. The number of hydrogen-bond acceptors (Lipinski definition) is 4. The molecule has 2 N–H and O–H groups in total. The van der Waals surface area contributed by atoms with E-state index in [1.807, 2.05) is 0 Å². The SMILES string of the molecule is COc1cccc(C(=O)Nc2ccccc2NC(=O)c2cccnc2)c1. The molecule has 0 fully saturated rings. The van der Waals surface area contributed by atoms with Crippen molar-refractivity contribution in [1.29, 1.82) is 0 Å². The van der Waals surface area contributed by atoms with Gasteiger partial charge in [0.05, 0.1) is 24.0 Å². The number of pyridine rings is 1. The van der Waals surface area contributed by atoms with Crippen LogP contribution in [0.2, 0.25) is 0 Å². The third-order valence-corrected chi connectivity index (χ3v) is 3.68. The van der Waals surface area contributed by atoms with Crippen LogP contribution in [0.25, 0.3) is 0 Å². The van der Waals surface area contributed by atoms with Crippen LogP contribution < -0.4 is 15.4 Å². The minimum atomic E-state index is -0.304. The highest BCUT2D eigenvalue weighted by Gasteiger charge is 2.12. The number of ether oxygens (including phenoxy) is 1. The summed E-state index contributed by atoms with van der Waals surface area (Å²) in [7, 11) is 1.54. The second-order valence-electron chi connectivity index (χ2n) is 5.43. The molecule has 0 bridgehead atoms. The fourth-order valence-corrected chi connectivity index (χ4v) is 2.35. The maximum atomic E-state index is 12.5. The molecule has 26 heavy (non-hydrogen) atoms. The molecule has 6 nitrogen and oxygen atoms in total. The average Bonchev–Trinajstić information content (AvgIpc) is 2.70. The van der Waals surface area contributed by atoms with Gasteiger partial charge in [0, 0.05) is 18.0 Å². The highest BCUT2D eigenvalue weighted by Crippen LogP contribution is 2.23. The average molecular weight is 347 g/mol. The molecule has 2 aromatic carbocycles. The van der Waals surface area contributed by atoms with E-state index in [-0.39, 0.29) is 11.8 Å². The van der Waals surface area contributed by atoms with Crippen LogP contribution >= 0.6 is 0 Å². The number of aromatic nitrogens is 1. The number of rotatable bonds is 5. The third-order valence-electron chi connectivity index (χ3n) is 3.68. The standard InChI is InChI=1S/C20H17N3O3/c1-26-16-8-4-6-14(12-16)19(24)22-17-9-2-3-10-18(17)23-20(25)15-7-5-11-21-13-15/h2-13H,1H3,(H,22,24)(H,23,25). The van der Waals surface area contributed by atoms with Gasteiger partial charge < -0.3 is 15.4 Å². The highest BCUT2D eigenvalue weighted by atomic mass is 16.5. The van der Waals surface area contributed by atoms with Gasteiger partial charge in [-0.1, -0.05) is 18.2 Å². The zero-order chi connectivity index (χ0) is 18.4. The molecule has 3 rings (SSSR count). The summed E-state index contributed by atoms with van der Waals surface area (Å²) in [6, 6.07) is 17.2. The van der Waals surface area contributed by atoms with Gasteiger partial charge in [-0.2, -0.15) is 0 Å². The number of para-hydroxylation sites is 2. The number of nitrogens with one attached hydrogen (secondary N) is 2. The summed E-state index contributed by atoms with van der Waals surface area (Å²) < 4.78 is 5.14. The predicted molar refractivity (Wildman–Crippen MR) is 99.6 cm³/mol. The lowest BCUT2D eigenvalue weighted by Gasteiger charge is -2.12. The first-order valence-corrected chi connectivity index (χ1v) is 7.93. The molecule has 0 aliphatic heterocycles. The minimum Gasteiger partial charge on any atom is -0.497 e. The lowest BCUT2D eigenvalue weighted by molar-refractivity contribution is 0.101. The van der Waals surface area contributed by atoms with Gasteiger partial charge in [0.25, 0.3) is 11.8 Å². The Bertz CT molecular complexity index is 926. The van der Waals surface area contributed by atoms with Crippen molar-refractivity contribution in [2.45, 2.75) is 0 Å². The molecule has 0 atom stereocenters. The number of hydrogen-bond donors (Lipinski definition) is 2. The predicted octanol–water partition coefficient (Wildman–Crippen LogP) is 3.59. The zero-order valence-electron chi connectivity index (χ0n) is 14.1. The zero-order valence-corrected chi connectivity index (χ0v) is 14.1. The number of carbonyl (C=O) groups is 2. The van der Waals surface area contributed by atoms with Gasteiger partial charge >= 0.3 is 0 Å². The van der Waals surface area contributed by atoms with Gasteiger partial charge in [-0.3, -0.25) is 14.6 Å². The van der Waals surface area contributed by atoms with E-state index in [0.29, 0.717) is 28.3 Å². The summed E-state index contributed by atoms with van der Waals surface area (Å²) in [6.45, 7) is 0. The lowest BCUT2D eigenvalue weighted by atomic mass is 10.2. The Balaban J connectivity index is 1.78.